The lowest BCUT2D eigenvalue weighted by molar-refractivity contribution is -0.141. The molecule has 2 fully saturated rings. The number of carbonyl (C=O) groups excluding carboxylic acids is 2. The highest BCUT2D eigenvalue weighted by molar-refractivity contribution is 5.96. The Kier molecular flexibility index (Phi) is 5.91. The largest absolute Gasteiger partial charge is 0.481 e. The molecule has 6 heteroatoms. The first-order valence-corrected chi connectivity index (χ1v) is 9.45. The Labute approximate surface area is 153 Å². The first-order valence-electron chi connectivity index (χ1n) is 9.45. The van der Waals surface area contributed by atoms with E-state index in [1.165, 1.54) is 0 Å². The molecular formula is C20H26N2O4. The minimum absolute atomic E-state index is 0.0801. The highest BCUT2D eigenvalue weighted by atomic mass is 16.4. The van der Waals surface area contributed by atoms with Gasteiger partial charge in [-0.05, 0) is 43.4 Å². The summed E-state index contributed by atoms with van der Waals surface area (Å²) in [6.45, 7) is 1.61. The number of hydrogen-bond acceptors (Lipinski definition) is 3. The highest BCUT2D eigenvalue weighted by Gasteiger charge is 2.38. The molecule has 2 unspecified atom stereocenters. The lowest BCUT2D eigenvalue weighted by atomic mass is 9.77. The van der Waals surface area contributed by atoms with Crippen LogP contribution in [0.15, 0.2) is 24.3 Å². The molecule has 26 heavy (non-hydrogen) atoms. The van der Waals surface area contributed by atoms with Gasteiger partial charge < -0.3 is 15.3 Å². The molecule has 2 N–H and O–H groups in total. The number of anilines is 1. The zero-order valence-corrected chi connectivity index (χ0v) is 14.9. The first kappa shape index (κ1) is 18.4. The average molecular weight is 358 g/mol. The van der Waals surface area contributed by atoms with Crippen LogP contribution in [0.25, 0.3) is 0 Å². The summed E-state index contributed by atoms with van der Waals surface area (Å²) in [5.41, 5.74) is 1.23. The molecule has 1 aromatic carbocycles. The maximum absolute atomic E-state index is 12.8. The van der Waals surface area contributed by atoms with E-state index in [1.54, 1.807) is 24.3 Å². The number of amides is 2. The monoisotopic (exact) mass is 358 g/mol. The molecule has 1 heterocycles. The summed E-state index contributed by atoms with van der Waals surface area (Å²) in [7, 11) is 0. The van der Waals surface area contributed by atoms with Gasteiger partial charge in [-0.1, -0.05) is 25.0 Å². The predicted octanol–water partition coefficient (Wildman–Crippen LogP) is 2.68. The molecule has 2 aliphatic rings. The van der Waals surface area contributed by atoms with Crippen molar-refractivity contribution in [1.82, 2.24) is 4.90 Å². The van der Waals surface area contributed by atoms with E-state index in [2.05, 4.69) is 5.32 Å². The summed E-state index contributed by atoms with van der Waals surface area (Å²) in [4.78, 5) is 38.4. The van der Waals surface area contributed by atoms with Crippen molar-refractivity contribution in [2.45, 2.75) is 44.9 Å². The Morgan fingerprint density at radius 2 is 1.73 bits per heavy atom. The predicted molar refractivity (Wildman–Crippen MR) is 97.7 cm³/mol. The summed E-state index contributed by atoms with van der Waals surface area (Å²) < 4.78 is 0. The molecule has 1 aromatic rings. The van der Waals surface area contributed by atoms with Crippen molar-refractivity contribution < 1.29 is 19.5 Å². The van der Waals surface area contributed by atoms with E-state index < -0.39 is 5.97 Å². The molecule has 1 aliphatic carbocycles. The number of likely N-dealkylation sites (tertiary alicyclic amines) is 1. The van der Waals surface area contributed by atoms with Gasteiger partial charge in [0.05, 0.1) is 6.42 Å². The van der Waals surface area contributed by atoms with Crippen LogP contribution in [0.4, 0.5) is 5.69 Å². The minimum Gasteiger partial charge on any atom is -0.481 e. The smallest absolute Gasteiger partial charge is 0.307 e. The van der Waals surface area contributed by atoms with E-state index in [-0.39, 0.29) is 30.1 Å². The van der Waals surface area contributed by atoms with Gasteiger partial charge in [0, 0.05) is 30.6 Å². The Morgan fingerprint density at radius 1 is 1.04 bits per heavy atom. The second kappa shape index (κ2) is 8.34. The Balaban J connectivity index is 1.68. The Bertz CT molecular complexity index is 682. The Morgan fingerprint density at radius 3 is 2.42 bits per heavy atom. The molecule has 0 spiro atoms. The van der Waals surface area contributed by atoms with E-state index in [0.29, 0.717) is 11.3 Å². The zero-order chi connectivity index (χ0) is 18.5. The zero-order valence-electron chi connectivity index (χ0n) is 14.9. The van der Waals surface area contributed by atoms with Gasteiger partial charge in [0.2, 0.25) is 11.8 Å². The van der Waals surface area contributed by atoms with E-state index in [9.17, 15) is 14.4 Å². The van der Waals surface area contributed by atoms with Gasteiger partial charge in [0.15, 0.2) is 0 Å². The van der Waals surface area contributed by atoms with Crippen LogP contribution >= 0.6 is 0 Å². The fourth-order valence-corrected chi connectivity index (χ4v) is 4.08. The molecule has 1 aliphatic heterocycles. The first-order chi connectivity index (χ1) is 12.5. The van der Waals surface area contributed by atoms with Crippen LogP contribution in [0.3, 0.4) is 0 Å². The lowest BCUT2D eigenvalue weighted by Gasteiger charge is -2.32. The van der Waals surface area contributed by atoms with Crippen LogP contribution in [0.2, 0.25) is 0 Å². The number of rotatable bonds is 5. The van der Waals surface area contributed by atoms with Crippen LogP contribution in [0.5, 0.6) is 0 Å². The van der Waals surface area contributed by atoms with Crippen molar-refractivity contribution in [3.05, 3.63) is 29.8 Å². The average Bonchev–Trinajstić information content (AvgIpc) is 3.15. The molecule has 2 atom stereocenters. The van der Waals surface area contributed by atoms with Crippen molar-refractivity contribution >= 4 is 23.5 Å². The Hall–Kier alpha value is -2.37. The van der Waals surface area contributed by atoms with Crippen LogP contribution in [0, 0.1) is 11.8 Å². The molecule has 6 nitrogen and oxygen atoms in total. The third-order valence-electron chi connectivity index (χ3n) is 5.39. The quantitative estimate of drug-likeness (QED) is 0.847. The van der Waals surface area contributed by atoms with Gasteiger partial charge in [-0.25, -0.2) is 0 Å². The molecule has 140 valence electrons. The summed E-state index contributed by atoms with van der Waals surface area (Å²) in [5.74, 6) is -1.45. The molecule has 0 radical (unpaired) electrons. The number of carbonyl (C=O) groups is 3. The summed E-state index contributed by atoms with van der Waals surface area (Å²) in [5, 5.41) is 11.8. The van der Waals surface area contributed by atoms with Crippen molar-refractivity contribution in [3.63, 3.8) is 0 Å². The van der Waals surface area contributed by atoms with Gasteiger partial charge in [-0.15, -0.1) is 0 Å². The van der Waals surface area contributed by atoms with Crippen LogP contribution in [0.1, 0.15) is 44.1 Å². The molecule has 1 saturated heterocycles. The van der Waals surface area contributed by atoms with Crippen molar-refractivity contribution in [1.29, 1.82) is 0 Å². The number of nitrogens with one attached hydrogen (secondary N) is 1. The van der Waals surface area contributed by atoms with Gasteiger partial charge >= 0.3 is 5.97 Å². The number of carboxylic acids is 1. The van der Waals surface area contributed by atoms with Gasteiger partial charge in [0.1, 0.15) is 0 Å². The highest BCUT2D eigenvalue weighted by Crippen LogP contribution is 2.33. The number of hydrogen-bond donors (Lipinski definition) is 2. The van der Waals surface area contributed by atoms with Crippen molar-refractivity contribution in [3.8, 4) is 0 Å². The van der Waals surface area contributed by atoms with Crippen molar-refractivity contribution in [2.75, 3.05) is 18.4 Å². The lowest BCUT2D eigenvalue weighted by Crippen LogP contribution is -2.42. The van der Waals surface area contributed by atoms with E-state index >= 15 is 0 Å². The fourth-order valence-electron chi connectivity index (χ4n) is 4.08. The summed E-state index contributed by atoms with van der Waals surface area (Å²) in [6.07, 6.45) is 5.46. The number of benzene rings is 1. The third kappa shape index (κ3) is 4.42. The van der Waals surface area contributed by atoms with Gasteiger partial charge in [-0.3, -0.25) is 14.4 Å². The van der Waals surface area contributed by atoms with E-state index in [1.807, 2.05) is 4.90 Å². The summed E-state index contributed by atoms with van der Waals surface area (Å²) in [6, 6.07) is 6.90. The minimum atomic E-state index is -0.906. The van der Waals surface area contributed by atoms with Crippen LogP contribution < -0.4 is 5.32 Å². The van der Waals surface area contributed by atoms with E-state index in [4.69, 9.17) is 5.11 Å². The molecule has 0 bridgehead atoms. The topological polar surface area (TPSA) is 86.7 Å². The second-order valence-corrected chi connectivity index (χ2v) is 7.29. The SMILES string of the molecule is O=C(O)Cc1cccc(NC(=O)C2CCCCC2C(=O)N2CCCC2)c1. The normalized spacial score (nSPS) is 22.8. The number of nitrogens with zero attached hydrogens (tertiary/aromatic N) is 1. The molecular weight excluding hydrogens is 332 g/mol. The third-order valence-corrected chi connectivity index (χ3v) is 5.39. The standard InChI is InChI=1S/C20H26N2O4/c23-18(24)13-14-6-5-7-15(12-14)21-19(25)16-8-1-2-9-17(16)20(26)22-10-3-4-11-22/h5-7,12,16-17H,1-4,8-11,13H2,(H,21,25)(H,23,24). The fraction of sp³-hybridized carbons (Fsp3) is 0.550. The van der Waals surface area contributed by atoms with Crippen molar-refractivity contribution in [2.24, 2.45) is 11.8 Å². The van der Waals surface area contributed by atoms with Gasteiger partial charge in [0.25, 0.3) is 0 Å². The molecule has 2 amide bonds. The molecule has 3 rings (SSSR count). The van der Waals surface area contributed by atoms with Crippen LogP contribution in [-0.4, -0.2) is 40.9 Å². The number of carboxylic acid groups (broad SMARTS) is 1. The maximum atomic E-state index is 12.8. The maximum Gasteiger partial charge on any atom is 0.307 e. The summed E-state index contributed by atoms with van der Waals surface area (Å²) >= 11 is 0. The van der Waals surface area contributed by atoms with Crippen LogP contribution in [-0.2, 0) is 20.8 Å². The van der Waals surface area contributed by atoms with E-state index in [0.717, 1.165) is 51.6 Å². The second-order valence-electron chi connectivity index (χ2n) is 7.29. The van der Waals surface area contributed by atoms with Gasteiger partial charge in [-0.2, -0.15) is 0 Å². The molecule has 1 saturated carbocycles. The number of aliphatic carboxylic acids is 1. The molecule has 0 aromatic heterocycles.